The lowest BCUT2D eigenvalue weighted by molar-refractivity contribution is 1.08. The molecule has 0 amide bonds. The molecule has 0 N–H and O–H groups in total. The van der Waals surface area contributed by atoms with E-state index in [1.807, 2.05) is 6.20 Å². The summed E-state index contributed by atoms with van der Waals surface area (Å²) < 4.78 is 2.32. The summed E-state index contributed by atoms with van der Waals surface area (Å²) >= 11 is 0. The zero-order valence-corrected chi connectivity index (χ0v) is 18.8. The van der Waals surface area contributed by atoms with E-state index in [9.17, 15) is 0 Å². The Bertz CT molecular complexity index is 1380. The fourth-order valence-electron chi connectivity index (χ4n) is 5.17. The highest BCUT2D eigenvalue weighted by molar-refractivity contribution is 6.78. The molecule has 4 heteroatoms. The molecule has 1 aromatic heterocycles. The number of imidazole rings is 1. The third-order valence-corrected chi connectivity index (χ3v) is 6.69. The van der Waals surface area contributed by atoms with Gasteiger partial charge in [0.1, 0.15) is 5.82 Å². The maximum absolute atomic E-state index is 4.81. The molecule has 0 aliphatic carbocycles. The van der Waals surface area contributed by atoms with Gasteiger partial charge >= 0.3 is 6.98 Å². The fraction of sp³-hybridized carbons (Fsp3) is 0.0690. The molecule has 0 atom stereocenters. The van der Waals surface area contributed by atoms with Gasteiger partial charge in [-0.3, -0.25) is 0 Å². The van der Waals surface area contributed by atoms with E-state index in [0.717, 1.165) is 5.82 Å². The first-order valence-electron chi connectivity index (χ1n) is 11.3. The molecule has 6 rings (SSSR count). The maximum atomic E-state index is 4.81. The standard InChI is InChI=1S/C29H24BN3/c1-21-11-9-18-26-27(21)29-31-19-20-33(29)30(32(26)2)28-24(22-12-5-3-6-13-22)16-10-17-25(28)23-14-7-4-8-15-23/h3-20H,1-2H3. The van der Waals surface area contributed by atoms with E-state index in [4.69, 9.17) is 4.98 Å². The summed E-state index contributed by atoms with van der Waals surface area (Å²) in [6.07, 6.45) is 4.04. The second-order valence-electron chi connectivity index (χ2n) is 8.61. The molecule has 5 aromatic rings. The molecule has 4 aromatic carbocycles. The van der Waals surface area contributed by atoms with Crippen molar-refractivity contribution in [1.82, 2.24) is 9.46 Å². The first kappa shape index (κ1) is 19.6. The van der Waals surface area contributed by atoms with Gasteiger partial charge in [0, 0.05) is 23.6 Å². The number of aromatic nitrogens is 2. The lowest BCUT2D eigenvalue weighted by atomic mass is 9.59. The third kappa shape index (κ3) is 3.10. The summed E-state index contributed by atoms with van der Waals surface area (Å²) in [4.78, 5) is 7.20. The minimum absolute atomic E-state index is 0.0246. The van der Waals surface area contributed by atoms with Gasteiger partial charge in [0.25, 0.3) is 0 Å². The quantitative estimate of drug-likeness (QED) is 0.337. The van der Waals surface area contributed by atoms with Gasteiger partial charge in [-0.1, -0.05) is 91.0 Å². The van der Waals surface area contributed by atoms with Crippen LogP contribution < -0.4 is 10.3 Å². The predicted octanol–water partition coefficient (Wildman–Crippen LogP) is 5.89. The molecule has 33 heavy (non-hydrogen) atoms. The average Bonchev–Trinajstić information content (AvgIpc) is 3.35. The van der Waals surface area contributed by atoms with Gasteiger partial charge < -0.3 is 9.29 Å². The number of aryl methyl sites for hydroxylation is 1. The zero-order chi connectivity index (χ0) is 22.4. The number of anilines is 1. The lowest BCUT2D eigenvalue weighted by Gasteiger charge is -2.37. The van der Waals surface area contributed by atoms with Crippen LogP contribution >= 0.6 is 0 Å². The van der Waals surface area contributed by atoms with Crippen molar-refractivity contribution in [1.29, 1.82) is 0 Å². The molecule has 0 unspecified atom stereocenters. The molecule has 0 bridgehead atoms. The Morgan fingerprint density at radius 3 is 1.94 bits per heavy atom. The van der Waals surface area contributed by atoms with Crippen molar-refractivity contribution in [3.63, 3.8) is 0 Å². The van der Waals surface area contributed by atoms with Gasteiger partial charge in [0.05, 0.1) is 0 Å². The van der Waals surface area contributed by atoms with Crippen molar-refractivity contribution in [3.05, 3.63) is 115 Å². The second kappa shape index (κ2) is 7.82. The van der Waals surface area contributed by atoms with E-state index in [0.29, 0.717) is 0 Å². The minimum atomic E-state index is -0.0246. The smallest absolute Gasteiger partial charge is 0.394 e. The van der Waals surface area contributed by atoms with Crippen LogP contribution in [0.3, 0.4) is 0 Å². The Balaban J connectivity index is 1.67. The predicted molar refractivity (Wildman–Crippen MR) is 139 cm³/mol. The van der Waals surface area contributed by atoms with Crippen LogP contribution in [0, 0.1) is 6.92 Å². The summed E-state index contributed by atoms with van der Waals surface area (Å²) in [5.74, 6) is 1.02. The van der Waals surface area contributed by atoms with Crippen LogP contribution in [0.25, 0.3) is 33.6 Å². The number of hydrogen-bond donors (Lipinski definition) is 0. The lowest BCUT2D eigenvalue weighted by Crippen LogP contribution is -2.55. The third-order valence-electron chi connectivity index (χ3n) is 6.69. The normalized spacial score (nSPS) is 12.4. The molecule has 158 valence electrons. The molecule has 0 radical (unpaired) electrons. The molecule has 0 fully saturated rings. The Morgan fingerprint density at radius 2 is 1.30 bits per heavy atom. The number of hydrogen-bond acceptors (Lipinski definition) is 2. The molecule has 1 aliphatic rings. The van der Waals surface area contributed by atoms with Gasteiger partial charge in [-0.15, -0.1) is 0 Å². The maximum Gasteiger partial charge on any atom is 0.417 e. The monoisotopic (exact) mass is 425 g/mol. The first-order valence-corrected chi connectivity index (χ1v) is 11.3. The topological polar surface area (TPSA) is 21.1 Å². The van der Waals surface area contributed by atoms with Crippen LogP contribution in [-0.2, 0) is 0 Å². The minimum Gasteiger partial charge on any atom is -0.394 e. The van der Waals surface area contributed by atoms with Gasteiger partial charge in [-0.25, -0.2) is 4.98 Å². The Kier molecular flexibility index (Phi) is 4.65. The van der Waals surface area contributed by atoms with Crippen LogP contribution in [-0.4, -0.2) is 23.5 Å². The summed E-state index contributed by atoms with van der Waals surface area (Å²) in [5, 5.41) is 0. The van der Waals surface area contributed by atoms with Crippen molar-refractivity contribution in [2.24, 2.45) is 0 Å². The van der Waals surface area contributed by atoms with Crippen molar-refractivity contribution >= 4 is 18.1 Å². The van der Waals surface area contributed by atoms with Crippen LogP contribution in [0.5, 0.6) is 0 Å². The molecule has 3 nitrogen and oxygen atoms in total. The molecule has 1 aliphatic heterocycles. The van der Waals surface area contributed by atoms with Crippen LogP contribution in [0.4, 0.5) is 5.69 Å². The van der Waals surface area contributed by atoms with Crippen molar-refractivity contribution in [2.45, 2.75) is 6.92 Å². The van der Waals surface area contributed by atoms with E-state index < -0.39 is 0 Å². The van der Waals surface area contributed by atoms with Crippen LogP contribution in [0.2, 0.25) is 0 Å². The van der Waals surface area contributed by atoms with E-state index >= 15 is 0 Å². The summed E-state index contributed by atoms with van der Waals surface area (Å²) in [6.45, 7) is 2.14. The molecular formula is C29H24BN3. The highest BCUT2D eigenvalue weighted by atomic mass is 15.2. The Hall–Kier alpha value is -4.05. The summed E-state index contributed by atoms with van der Waals surface area (Å²) in [7, 11) is 2.20. The summed E-state index contributed by atoms with van der Waals surface area (Å²) in [5.41, 5.74) is 9.86. The molecular weight excluding hydrogens is 401 g/mol. The van der Waals surface area contributed by atoms with Crippen LogP contribution in [0.1, 0.15) is 5.56 Å². The Labute approximate surface area is 195 Å². The summed E-state index contributed by atoms with van der Waals surface area (Å²) in [6, 6.07) is 34.6. The number of benzene rings is 4. The highest BCUT2D eigenvalue weighted by Gasteiger charge is 2.38. The van der Waals surface area contributed by atoms with Gasteiger partial charge in [-0.2, -0.15) is 0 Å². The second-order valence-corrected chi connectivity index (χ2v) is 8.61. The Morgan fingerprint density at radius 1 is 0.697 bits per heavy atom. The van der Waals surface area contributed by atoms with Gasteiger partial charge in [-0.05, 0) is 53.3 Å². The average molecular weight is 425 g/mol. The van der Waals surface area contributed by atoms with Gasteiger partial charge in [0.2, 0.25) is 0 Å². The van der Waals surface area contributed by atoms with Crippen molar-refractivity contribution < 1.29 is 0 Å². The van der Waals surface area contributed by atoms with Crippen molar-refractivity contribution in [2.75, 3.05) is 11.9 Å². The molecule has 2 heterocycles. The number of nitrogens with zero attached hydrogens (tertiary/aromatic N) is 3. The molecule has 0 saturated heterocycles. The molecule has 0 saturated carbocycles. The number of rotatable bonds is 3. The highest BCUT2D eigenvalue weighted by Crippen LogP contribution is 2.38. The van der Waals surface area contributed by atoms with Crippen molar-refractivity contribution in [3.8, 4) is 33.6 Å². The number of fused-ring (bicyclic) bond motifs is 3. The molecule has 0 spiro atoms. The largest absolute Gasteiger partial charge is 0.417 e. The zero-order valence-electron chi connectivity index (χ0n) is 18.8. The fourth-order valence-corrected chi connectivity index (χ4v) is 5.17. The first-order chi connectivity index (χ1) is 16.2. The van der Waals surface area contributed by atoms with E-state index in [1.165, 1.54) is 44.5 Å². The van der Waals surface area contributed by atoms with E-state index in [-0.39, 0.29) is 6.98 Å². The SMILES string of the molecule is Cc1cccc2c1-c1nccn1B(c1c(-c3ccccc3)cccc1-c1ccccc1)N2C. The van der Waals surface area contributed by atoms with Gasteiger partial charge in [0.15, 0.2) is 0 Å². The van der Waals surface area contributed by atoms with E-state index in [2.05, 4.69) is 127 Å². The van der Waals surface area contributed by atoms with E-state index in [1.54, 1.807) is 0 Å². The van der Waals surface area contributed by atoms with Crippen LogP contribution in [0.15, 0.2) is 109 Å².